The summed E-state index contributed by atoms with van der Waals surface area (Å²) in [6.45, 7) is 2.05. The SMILES string of the molecule is Cc1cc(C(=O)N2CCc3ccccc3C2C(=O)O)on1. The fourth-order valence-corrected chi connectivity index (χ4v) is 2.66. The molecule has 1 unspecified atom stereocenters. The normalized spacial score (nSPS) is 17.4. The minimum atomic E-state index is -1.05. The number of aryl methyl sites for hydroxylation is 1. The number of fused-ring (bicyclic) bond motifs is 1. The van der Waals surface area contributed by atoms with Crippen molar-refractivity contribution in [2.75, 3.05) is 6.54 Å². The van der Waals surface area contributed by atoms with E-state index in [1.165, 1.54) is 11.0 Å². The van der Waals surface area contributed by atoms with Crippen molar-refractivity contribution in [2.24, 2.45) is 0 Å². The van der Waals surface area contributed by atoms with Crippen LogP contribution < -0.4 is 0 Å². The van der Waals surface area contributed by atoms with Gasteiger partial charge in [-0.05, 0) is 24.5 Å². The van der Waals surface area contributed by atoms with Crippen LogP contribution in [0.15, 0.2) is 34.9 Å². The number of benzene rings is 1. The molecule has 1 N–H and O–H groups in total. The molecule has 1 aliphatic rings. The van der Waals surface area contributed by atoms with E-state index in [4.69, 9.17) is 4.52 Å². The minimum absolute atomic E-state index is 0.0677. The molecule has 21 heavy (non-hydrogen) atoms. The highest BCUT2D eigenvalue weighted by Crippen LogP contribution is 2.31. The molecule has 6 heteroatoms. The van der Waals surface area contributed by atoms with Gasteiger partial charge in [0.2, 0.25) is 5.76 Å². The largest absolute Gasteiger partial charge is 0.479 e. The highest BCUT2D eigenvalue weighted by Gasteiger charge is 2.37. The second-order valence-electron chi connectivity index (χ2n) is 5.02. The molecule has 1 aliphatic heterocycles. The van der Waals surface area contributed by atoms with Crippen LogP contribution in [0, 0.1) is 6.92 Å². The molecule has 1 atom stereocenters. The lowest BCUT2D eigenvalue weighted by atomic mass is 9.92. The molecule has 0 saturated carbocycles. The van der Waals surface area contributed by atoms with Crippen molar-refractivity contribution < 1.29 is 19.2 Å². The van der Waals surface area contributed by atoms with E-state index in [9.17, 15) is 14.7 Å². The summed E-state index contributed by atoms with van der Waals surface area (Å²) in [7, 11) is 0. The molecule has 0 saturated heterocycles. The predicted molar refractivity (Wildman–Crippen MR) is 72.8 cm³/mol. The third kappa shape index (κ3) is 2.29. The molecule has 0 radical (unpaired) electrons. The molecule has 1 aromatic carbocycles. The number of rotatable bonds is 2. The van der Waals surface area contributed by atoms with Crippen molar-refractivity contribution in [3.8, 4) is 0 Å². The summed E-state index contributed by atoms with van der Waals surface area (Å²) < 4.78 is 4.96. The fraction of sp³-hybridized carbons (Fsp3) is 0.267. The first kappa shape index (κ1) is 13.4. The van der Waals surface area contributed by atoms with Crippen LogP contribution in [0.3, 0.4) is 0 Å². The monoisotopic (exact) mass is 286 g/mol. The number of hydrogen-bond acceptors (Lipinski definition) is 4. The Hall–Kier alpha value is -2.63. The zero-order chi connectivity index (χ0) is 15.0. The lowest BCUT2D eigenvalue weighted by Gasteiger charge is -2.34. The van der Waals surface area contributed by atoms with Crippen molar-refractivity contribution in [1.29, 1.82) is 0 Å². The first-order valence-electron chi connectivity index (χ1n) is 6.63. The van der Waals surface area contributed by atoms with Crippen molar-refractivity contribution in [3.63, 3.8) is 0 Å². The lowest BCUT2D eigenvalue weighted by molar-refractivity contribution is -0.143. The number of aliphatic carboxylic acids is 1. The van der Waals surface area contributed by atoms with Crippen molar-refractivity contribution >= 4 is 11.9 Å². The lowest BCUT2D eigenvalue weighted by Crippen LogP contribution is -2.43. The Morgan fingerprint density at radius 3 is 2.81 bits per heavy atom. The molecular weight excluding hydrogens is 272 g/mol. The smallest absolute Gasteiger partial charge is 0.331 e. The molecule has 2 aromatic rings. The van der Waals surface area contributed by atoms with Crippen LogP contribution in [0.2, 0.25) is 0 Å². The summed E-state index contributed by atoms with van der Waals surface area (Å²) in [4.78, 5) is 25.4. The van der Waals surface area contributed by atoms with Crippen molar-refractivity contribution in [2.45, 2.75) is 19.4 Å². The van der Waals surface area contributed by atoms with Gasteiger partial charge >= 0.3 is 5.97 Å². The van der Waals surface area contributed by atoms with Gasteiger partial charge in [0.25, 0.3) is 5.91 Å². The summed E-state index contributed by atoms with van der Waals surface area (Å²) in [5.74, 6) is -1.43. The number of carbonyl (C=O) groups excluding carboxylic acids is 1. The number of carboxylic acids is 1. The van der Waals surface area contributed by atoms with E-state index in [-0.39, 0.29) is 5.76 Å². The topological polar surface area (TPSA) is 83.6 Å². The van der Waals surface area contributed by atoms with Crippen LogP contribution >= 0.6 is 0 Å². The minimum Gasteiger partial charge on any atom is -0.479 e. The second-order valence-corrected chi connectivity index (χ2v) is 5.02. The first-order chi connectivity index (χ1) is 10.1. The molecule has 3 rings (SSSR count). The second kappa shape index (κ2) is 5.05. The summed E-state index contributed by atoms with van der Waals surface area (Å²) in [6, 6.07) is 7.82. The van der Waals surface area contributed by atoms with Gasteiger partial charge in [0.15, 0.2) is 6.04 Å². The van der Waals surface area contributed by atoms with Crippen LogP contribution in [0.1, 0.15) is 33.4 Å². The van der Waals surface area contributed by atoms with Gasteiger partial charge in [0.05, 0.1) is 5.69 Å². The van der Waals surface area contributed by atoms with Crippen molar-refractivity contribution in [3.05, 3.63) is 52.9 Å². The van der Waals surface area contributed by atoms with E-state index in [0.717, 1.165) is 5.56 Å². The van der Waals surface area contributed by atoms with Gasteiger partial charge in [0, 0.05) is 12.6 Å². The molecule has 0 bridgehead atoms. The Labute approximate surface area is 121 Å². The summed E-state index contributed by atoms with van der Waals surface area (Å²) in [6.07, 6.45) is 0.624. The molecule has 0 fully saturated rings. The van der Waals surface area contributed by atoms with Crippen LogP contribution in [0.25, 0.3) is 0 Å². The van der Waals surface area contributed by atoms with Gasteiger partial charge in [-0.3, -0.25) is 4.79 Å². The van der Waals surface area contributed by atoms with E-state index in [0.29, 0.717) is 24.2 Å². The number of aromatic nitrogens is 1. The molecule has 1 amide bonds. The molecular formula is C15H14N2O4. The average Bonchev–Trinajstić information content (AvgIpc) is 2.91. The molecule has 6 nitrogen and oxygen atoms in total. The molecule has 1 aromatic heterocycles. The number of nitrogens with zero attached hydrogens (tertiary/aromatic N) is 2. The first-order valence-corrected chi connectivity index (χ1v) is 6.63. The number of carboxylic acid groups (broad SMARTS) is 1. The quantitative estimate of drug-likeness (QED) is 0.910. The van der Waals surface area contributed by atoms with Gasteiger partial charge in [0.1, 0.15) is 0 Å². The maximum atomic E-state index is 12.5. The van der Waals surface area contributed by atoms with E-state index in [1.54, 1.807) is 19.1 Å². The van der Waals surface area contributed by atoms with Gasteiger partial charge in [-0.25, -0.2) is 4.79 Å². The number of carbonyl (C=O) groups is 2. The predicted octanol–water partition coefficient (Wildman–Crippen LogP) is 1.81. The Morgan fingerprint density at radius 1 is 1.38 bits per heavy atom. The Bertz CT molecular complexity index is 707. The average molecular weight is 286 g/mol. The Morgan fingerprint density at radius 2 is 2.14 bits per heavy atom. The van der Waals surface area contributed by atoms with E-state index in [1.807, 2.05) is 12.1 Å². The fourth-order valence-electron chi connectivity index (χ4n) is 2.66. The van der Waals surface area contributed by atoms with Gasteiger partial charge in [-0.15, -0.1) is 0 Å². The molecule has 108 valence electrons. The molecule has 0 aliphatic carbocycles. The highest BCUT2D eigenvalue weighted by molar-refractivity contribution is 5.95. The molecule has 0 spiro atoms. The number of hydrogen-bond donors (Lipinski definition) is 1. The maximum absolute atomic E-state index is 12.5. The summed E-state index contributed by atoms with van der Waals surface area (Å²) >= 11 is 0. The van der Waals surface area contributed by atoms with Crippen LogP contribution in [-0.4, -0.2) is 33.6 Å². The third-order valence-electron chi connectivity index (χ3n) is 3.62. The zero-order valence-electron chi connectivity index (χ0n) is 11.4. The Balaban J connectivity index is 1.99. The highest BCUT2D eigenvalue weighted by atomic mass is 16.5. The van der Waals surface area contributed by atoms with E-state index < -0.39 is 17.9 Å². The van der Waals surface area contributed by atoms with E-state index in [2.05, 4.69) is 5.16 Å². The summed E-state index contributed by atoms with van der Waals surface area (Å²) in [5.41, 5.74) is 2.20. The van der Waals surface area contributed by atoms with Crippen LogP contribution in [0.5, 0.6) is 0 Å². The summed E-state index contributed by atoms with van der Waals surface area (Å²) in [5, 5.41) is 13.2. The standard InChI is InChI=1S/C15H14N2O4/c1-9-8-12(21-16-9)14(18)17-7-6-10-4-2-3-5-11(10)13(17)15(19)20/h2-5,8,13H,6-7H2,1H3,(H,19,20). The van der Waals surface area contributed by atoms with Crippen molar-refractivity contribution in [1.82, 2.24) is 10.1 Å². The van der Waals surface area contributed by atoms with Gasteiger partial charge in [-0.2, -0.15) is 0 Å². The van der Waals surface area contributed by atoms with E-state index >= 15 is 0 Å². The number of amides is 1. The zero-order valence-corrected chi connectivity index (χ0v) is 11.4. The molecule has 2 heterocycles. The van der Waals surface area contributed by atoms with Crippen LogP contribution in [-0.2, 0) is 11.2 Å². The maximum Gasteiger partial charge on any atom is 0.331 e. The third-order valence-corrected chi connectivity index (χ3v) is 3.62. The Kier molecular flexibility index (Phi) is 3.21. The van der Waals surface area contributed by atoms with Crippen LogP contribution in [0.4, 0.5) is 0 Å². The van der Waals surface area contributed by atoms with Gasteiger partial charge < -0.3 is 14.5 Å². The van der Waals surface area contributed by atoms with Gasteiger partial charge in [-0.1, -0.05) is 29.4 Å².